The number of methoxy groups -OCH3 is 3. The van der Waals surface area contributed by atoms with E-state index < -0.39 is 15.9 Å². The minimum atomic E-state index is -4.00. The monoisotopic (exact) mass is 393 g/mol. The van der Waals surface area contributed by atoms with Gasteiger partial charge in [-0.25, -0.2) is 12.7 Å². The van der Waals surface area contributed by atoms with E-state index in [0.29, 0.717) is 11.3 Å². The van der Waals surface area contributed by atoms with Gasteiger partial charge in [0.05, 0.1) is 26.3 Å². The van der Waals surface area contributed by atoms with Crippen molar-refractivity contribution in [2.75, 3.05) is 28.1 Å². The van der Waals surface area contributed by atoms with E-state index in [1.165, 1.54) is 33.5 Å². The molecule has 0 N–H and O–H groups in total. The summed E-state index contributed by atoms with van der Waals surface area (Å²) in [7, 11) is 0.319. The molecule has 1 amide bonds. The first kappa shape index (κ1) is 19.0. The van der Waals surface area contributed by atoms with Crippen molar-refractivity contribution in [3.63, 3.8) is 0 Å². The van der Waals surface area contributed by atoms with Gasteiger partial charge in [0.1, 0.15) is 10.6 Å². The molecular formula is C18H19NO7S. The second-order valence-electron chi connectivity index (χ2n) is 5.72. The fourth-order valence-electron chi connectivity index (χ4n) is 2.79. The number of amides is 1. The summed E-state index contributed by atoms with van der Waals surface area (Å²) in [4.78, 5) is 12.6. The summed E-state index contributed by atoms with van der Waals surface area (Å²) in [5, 5.41) is 0. The lowest BCUT2D eigenvalue weighted by Gasteiger charge is -2.15. The molecule has 0 fully saturated rings. The summed E-state index contributed by atoms with van der Waals surface area (Å²) in [6, 6.07) is 9.49. The van der Waals surface area contributed by atoms with Crippen LogP contribution in [-0.2, 0) is 21.3 Å². The predicted molar refractivity (Wildman–Crippen MR) is 95.6 cm³/mol. The predicted octanol–water partition coefficient (Wildman–Crippen LogP) is 2.03. The molecule has 0 bridgehead atoms. The molecule has 1 heterocycles. The van der Waals surface area contributed by atoms with Gasteiger partial charge in [-0.1, -0.05) is 12.1 Å². The molecule has 0 radical (unpaired) electrons. The van der Waals surface area contributed by atoms with E-state index in [9.17, 15) is 13.2 Å². The van der Waals surface area contributed by atoms with Gasteiger partial charge in [0, 0.05) is 13.2 Å². The first-order valence-electron chi connectivity index (χ1n) is 7.96. The van der Waals surface area contributed by atoms with Gasteiger partial charge in [-0.3, -0.25) is 4.79 Å². The van der Waals surface area contributed by atoms with Gasteiger partial charge >= 0.3 is 0 Å². The zero-order valence-electron chi connectivity index (χ0n) is 15.1. The van der Waals surface area contributed by atoms with Gasteiger partial charge in [-0.2, -0.15) is 0 Å². The smallest absolute Gasteiger partial charge is 0.269 e. The average Bonchev–Trinajstić information content (AvgIpc) is 2.85. The van der Waals surface area contributed by atoms with E-state index >= 15 is 0 Å². The SMILES string of the molecule is COCOc1cccc(CN2C(=O)c3cc(OC)c(OC)cc3S2(=O)=O)c1. The maximum atomic E-state index is 12.9. The first-order chi connectivity index (χ1) is 12.9. The Labute approximate surface area is 157 Å². The van der Waals surface area contributed by atoms with E-state index in [4.69, 9.17) is 18.9 Å². The van der Waals surface area contributed by atoms with Crippen LogP contribution in [0.15, 0.2) is 41.3 Å². The average molecular weight is 393 g/mol. The molecule has 3 rings (SSSR count). The van der Waals surface area contributed by atoms with Crippen LogP contribution in [0.3, 0.4) is 0 Å². The second-order valence-corrected chi connectivity index (χ2v) is 7.55. The molecule has 0 aromatic heterocycles. The molecule has 0 saturated carbocycles. The third-order valence-corrected chi connectivity index (χ3v) is 5.85. The van der Waals surface area contributed by atoms with Crippen molar-refractivity contribution in [2.45, 2.75) is 11.4 Å². The van der Waals surface area contributed by atoms with Crippen LogP contribution in [-0.4, -0.2) is 46.8 Å². The Balaban J connectivity index is 1.95. The van der Waals surface area contributed by atoms with Crippen molar-refractivity contribution in [1.29, 1.82) is 0 Å². The molecule has 144 valence electrons. The molecule has 0 unspecified atom stereocenters. The molecule has 0 aliphatic carbocycles. The minimum Gasteiger partial charge on any atom is -0.493 e. The van der Waals surface area contributed by atoms with E-state index in [2.05, 4.69) is 0 Å². The third kappa shape index (κ3) is 3.43. The van der Waals surface area contributed by atoms with Crippen molar-refractivity contribution in [1.82, 2.24) is 4.31 Å². The van der Waals surface area contributed by atoms with Crippen LogP contribution in [0.4, 0.5) is 0 Å². The number of sulfonamides is 1. The van der Waals surface area contributed by atoms with Crippen LogP contribution < -0.4 is 14.2 Å². The zero-order valence-corrected chi connectivity index (χ0v) is 15.9. The van der Waals surface area contributed by atoms with Crippen LogP contribution in [0.1, 0.15) is 15.9 Å². The van der Waals surface area contributed by atoms with Gasteiger partial charge in [0.2, 0.25) is 0 Å². The number of hydrogen-bond acceptors (Lipinski definition) is 7. The number of carbonyl (C=O) groups is 1. The molecule has 0 saturated heterocycles. The largest absolute Gasteiger partial charge is 0.493 e. The highest BCUT2D eigenvalue weighted by Crippen LogP contribution is 2.39. The fourth-order valence-corrected chi connectivity index (χ4v) is 4.34. The highest BCUT2D eigenvalue weighted by atomic mass is 32.2. The standard InChI is InChI=1S/C18H19NO7S/c1-23-11-26-13-6-4-5-12(7-13)10-19-18(20)14-8-15(24-2)16(25-3)9-17(14)27(19,21)22/h4-9H,10-11H2,1-3H3. The Bertz CT molecular complexity index is 972. The lowest BCUT2D eigenvalue weighted by Crippen LogP contribution is -2.29. The van der Waals surface area contributed by atoms with Crippen LogP contribution in [0.5, 0.6) is 17.2 Å². The van der Waals surface area contributed by atoms with E-state index in [1.807, 2.05) is 0 Å². The van der Waals surface area contributed by atoms with Crippen LogP contribution in [0.25, 0.3) is 0 Å². The Morgan fingerprint density at radius 2 is 1.70 bits per heavy atom. The molecule has 27 heavy (non-hydrogen) atoms. The summed E-state index contributed by atoms with van der Waals surface area (Å²) in [6.07, 6.45) is 0. The third-order valence-electron chi connectivity index (χ3n) is 4.08. The Kier molecular flexibility index (Phi) is 5.24. The lowest BCUT2D eigenvalue weighted by molar-refractivity contribution is 0.0510. The van der Waals surface area contributed by atoms with Crippen LogP contribution in [0.2, 0.25) is 0 Å². The minimum absolute atomic E-state index is 0.0550. The highest BCUT2D eigenvalue weighted by Gasteiger charge is 2.42. The second kappa shape index (κ2) is 7.45. The van der Waals surface area contributed by atoms with E-state index in [-0.39, 0.29) is 35.3 Å². The number of ether oxygens (including phenoxy) is 4. The number of rotatable bonds is 7. The maximum absolute atomic E-state index is 12.9. The number of benzene rings is 2. The topological polar surface area (TPSA) is 91.4 Å². The molecule has 2 aromatic rings. The van der Waals surface area contributed by atoms with E-state index in [0.717, 1.165) is 4.31 Å². The van der Waals surface area contributed by atoms with Crippen LogP contribution >= 0.6 is 0 Å². The Morgan fingerprint density at radius 3 is 2.37 bits per heavy atom. The lowest BCUT2D eigenvalue weighted by atomic mass is 10.1. The maximum Gasteiger partial charge on any atom is 0.269 e. The van der Waals surface area contributed by atoms with Crippen molar-refractivity contribution in [3.05, 3.63) is 47.5 Å². The molecule has 9 heteroatoms. The molecule has 1 aliphatic rings. The first-order valence-corrected chi connectivity index (χ1v) is 9.40. The molecule has 2 aromatic carbocycles. The molecule has 8 nitrogen and oxygen atoms in total. The Hall–Kier alpha value is -2.78. The van der Waals surface area contributed by atoms with Crippen LogP contribution in [0, 0.1) is 0 Å². The Morgan fingerprint density at radius 1 is 1.00 bits per heavy atom. The molecule has 1 aliphatic heterocycles. The van der Waals surface area contributed by atoms with Crippen molar-refractivity contribution >= 4 is 15.9 Å². The van der Waals surface area contributed by atoms with Gasteiger partial charge in [0.25, 0.3) is 15.9 Å². The number of fused-ring (bicyclic) bond motifs is 1. The summed E-state index contributed by atoms with van der Waals surface area (Å²) in [6.45, 7) is -0.0555. The number of hydrogen-bond donors (Lipinski definition) is 0. The van der Waals surface area contributed by atoms with Gasteiger partial charge < -0.3 is 18.9 Å². The van der Waals surface area contributed by atoms with Crippen molar-refractivity contribution in [3.8, 4) is 17.2 Å². The number of carbonyl (C=O) groups excluding carboxylic acids is 1. The van der Waals surface area contributed by atoms with Gasteiger partial charge in [0.15, 0.2) is 18.3 Å². The van der Waals surface area contributed by atoms with Gasteiger partial charge in [-0.05, 0) is 23.8 Å². The number of nitrogens with zero attached hydrogens (tertiary/aromatic N) is 1. The highest BCUT2D eigenvalue weighted by molar-refractivity contribution is 7.90. The quantitative estimate of drug-likeness (QED) is 0.665. The molecular weight excluding hydrogens is 374 g/mol. The summed E-state index contributed by atoms with van der Waals surface area (Å²) in [5.41, 5.74) is 0.659. The molecule has 0 atom stereocenters. The fraction of sp³-hybridized carbons (Fsp3) is 0.278. The van der Waals surface area contributed by atoms with Crippen molar-refractivity contribution < 1.29 is 32.2 Å². The summed E-state index contributed by atoms with van der Waals surface area (Å²) >= 11 is 0. The summed E-state index contributed by atoms with van der Waals surface area (Å²) in [5.74, 6) is 0.425. The summed E-state index contributed by atoms with van der Waals surface area (Å²) < 4.78 is 47.1. The van der Waals surface area contributed by atoms with E-state index in [1.54, 1.807) is 24.3 Å². The van der Waals surface area contributed by atoms with Gasteiger partial charge in [-0.15, -0.1) is 0 Å². The van der Waals surface area contributed by atoms with Crippen molar-refractivity contribution in [2.24, 2.45) is 0 Å². The normalized spacial score (nSPS) is 14.8. The zero-order chi connectivity index (χ0) is 19.6. The molecule has 0 spiro atoms.